The van der Waals surface area contributed by atoms with Crippen molar-refractivity contribution in [1.82, 2.24) is 19.4 Å². The minimum atomic E-state index is -0.212. The van der Waals surface area contributed by atoms with Crippen molar-refractivity contribution in [2.45, 2.75) is 17.7 Å². The van der Waals surface area contributed by atoms with E-state index in [0.29, 0.717) is 53.2 Å². The molecule has 34 heavy (non-hydrogen) atoms. The Kier molecular flexibility index (Phi) is 5.01. The normalized spacial score (nSPS) is 19.1. The Morgan fingerprint density at radius 3 is 2.79 bits per heavy atom. The summed E-state index contributed by atoms with van der Waals surface area (Å²) in [4.78, 5) is 34.1. The first kappa shape index (κ1) is 21.1. The molecule has 2 aromatic carbocycles. The maximum atomic E-state index is 13.4. The van der Waals surface area contributed by atoms with Crippen LogP contribution in [0, 0.1) is 11.3 Å². The molecule has 10 heteroatoms. The van der Waals surface area contributed by atoms with E-state index in [1.54, 1.807) is 52.0 Å². The number of fused-ring (bicyclic) bond motifs is 2. The van der Waals surface area contributed by atoms with Gasteiger partial charge in [-0.2, -0.15) is 5.26 Å². The van der Waals surface area contributed by atoms with Crippen molar-refractivity contribution in [1.29, 1.82) is 5.26 Å². The van der Waals surface area contributed by atoms with Crippen molar-refractivity contribution in [2.24, 2.45) is 0 Å². The molecule has 0 spiro atoms. The highest BCUT2D eigenvalue weighted by Crippen LogP contribution is 2.40. The molecule has 4 aliphatic rings. The number of thioether (sulfide) groups is 1. The largest absolute Gasteiger partial charge is 0.456 e. The van der Waals surface area contributed by atoms with Gasteiger partial charge in [-0.15, -0.1) is 0 Å². The molecule has 0 aliphatic carbocycles. The summed E-state index contributed by atoms with van der Waals surface area (Å²) in [5.74, 6) is 1.31. The summed E-state index contributed by atoms with van der Waals surface area (Å²) in [5, 5.41) is 10.9. The number of carbonyl (C=O) groups is 2. The molecular formula is C24H18ClN5O3S. The van der Waals surface area contributed by atoms with E-state index in [2.05, 4.69) is 11.1 Å². The van der Waals surface area contributed by atoms with E-state index in [-0.39, 0.29) is 24.4 Å². The van der Waals surface area contributed by atoms with Gasteiger partial charge < -0.3 is 19.1 Å². The van der Waals surface area contributed by atoms with Crippen LogP contribution in [0.2, 0.25) is 5.02 Å². The number of hydrogen-bond donors (Lipinski definition) is 0. The minimum Gasteiger partial charge on any atom is -0.456 e. The van der Waals surface area contributed by atoms with Gasteiger partial charge in [-0.05, 0) is 41.5 Å². The van der Waals surface area contributed by atoms with E-state index in [4.69, 9.17) is 16.3 Å². The van der Waals surface area contributed by atoms with Crippen LogP contribution in [0.5, 0.6) is 11.5 Å². The molecule has 7 rings (SSSR count). The van der Waals surface area contributed by atoms with E-state index in [1.807, 2.05) is 16.7 Å². The molecule has 1 fully saturated rings. The lowest BCUT2D eigenvalue weighted by molar-refractivity contribution is -0.135. The van der Waals surface area contributed by atoms with Crippen molar-refractivity contribution in [3.05, 3.63) is 70.0 Å². The van der Waals surface area contributed by atoms with Crippen LogP contribution >= 0.6 is 23.4 Å². The van der Waals surface area contributed by atoms with Crippen LogP contribution in [-0.2, 0) is 11.3 Å². The quantitative estimate of drug-likeness (QED) is 0.476. The standard InChI is InChI=1S/C24H18ClN5O3S/c25-18-4-3-17-7-16(18)11-28-5-6-29(12-22(28)31)23(32)19-10-27-24-30(19)20(13-34-24)14-1-2-15(9-26)21(8-14)33-17/h1-4,7-8,10,20H,5-6,11-13H2/t20-/m1/s1. The maximum absolute atomic E-state index is 13.4. The number of carbonyl (C=O) groups excluding carboxylic acids is 2. The van der Waals surface area contributed by atoms with E-state index < -0.39 is 0 Å². The van der Waals surface area contributed by atoms with Gasteiger partial charge in [-0.25, -0.2) is 4.98 Å². The van der Waals surface area contributed by atoms with Gasteiger partial charge >= 0.3 is 0 Å². The van der Waals surface area contributed by atoms with E-state index in [0.717, 1.165) is 16.3 Å². The Bertz CT molecular complexity index is 1400. The van der Waals surface area contributed by atoms with Crippen molar-refractivity contribution < 1.29 is 14.3 Å². The molecule has 1 saturated heterocycles. The number of piperazine rings is 1. The Morgan fingerprint density at radius 2 is 1.97 bits per heavy atom. The number of benzene rings is 2. The average Bonchev–Trinajstić information content (AvgIpc) is 3.44. The lowest BCUT2D eigenvalue weighted by Crippen LogP contribution is -2.52. The number of rotatable bonds is 0. The summed E-state index contributed by atoms with van der Waals surface area (Å²) in [6.45, 7) is 1.15. The first-order chi connectivity index (χ1) is 16.5. The highest BCUT2D eigenvalue weighted by Gasteiger charge is 2.35. The van der Waals surface area contributed by atoms with Gasteiger partial charge in [0.25, 0.3) is 5.91 Å². The molecule has 0 unspecified atom stereocenters. The zero-order valence-electron chi connectivity index (χ0n) is 17.9. The third-order valence-corrected chi connectivity index (χ3v) is 7.80. The molecule has 0 radical (unpaired) electrons. The zero-order valence-corrected chi connectivity index (χ0v) is 19.5. The summed E-state index contributed by atoms with van der Waals surface area (Å²) in [6, 6.07) is 12.8. The van der Waals surface area contributed by atoms with E-state index in [1.165, 1.54) is 0 Å². The fourth-order valence-electron chi connectivity index (χ4n) is 4.59. The number of hydrogen-bond acceptors (Lipinski definition) is 6. The summed E-state index contributed by atoms with van der Waals surface area (Å²) >= 11 is 8.00. The molecule has 2 amide bonds. The first-order valence-electron chi connectivity index (χ1n) is 10.8. The predicted molar refractivity (Wildman–Crippen MR) is 125 cm³/mol. The Balaban J connectivity index is 1.52. The van der Waals surface area contributed by atoms with Gasteiger partial charge in [-0.3, -0.25) is 9.59 Å². The Morgan fingerprint density at radius 1 is 1.12 bits per heavy atom. The summed E-state index contributed by atoms with van der Waals surface area (Å²) in [7, 11) is 0. The van der Waals surface area contributed by atoms with Crippen LogP contribution in [-0.4, -0.2) is 56.6 Å². The van der Waals surface area contributed by atoms with Gasteiger partial charge in [0, 0.05) is 30.4 Å². The van der Waals surface area contributed by atoms with Gasteiger partial charge in [0.15, 0.2) is 5.16 Å². The van der Waals surface area contributed by atoms with Crippen LogP contribution in [0.4, 0.5) is 0 Å². The van der Waals surface area contributed by atoms with Gasteiger partial charge in [0.05, 0.1) is 17.8 Å². The highest BCUT2D eigenvalue weighted by molar-refractivity contribution is 7.99. The van der Waals surface area contributed by atoms with Gasteiger partial charge in [0.2, 0.25) is 5.91 Å². The van der Waals surface area contributed by atoms with Crippen LogP contribution in [0.25, 0.3) is 0 Å². The lowest BCUT2D eigenvalue weighted by atomic mass is 10.0. The van der Waals surface area contributed by atoms with Crippen molar-refractivity contribution in [3.8, 4) is 17.6 Å². The summed E-state index contributed by atoms with van der Waals surface area (Å²) < 4.78 is 8.08. The highest BCUT2D eigenvalue weighted by atomic mass is 35.5. The third kappa shape index (κ3) is 3.42. The second kappa shape index (κ2) is 8.08. The van der Waals surface area contributed by atoms with Crippen LogP contribution in [0.3, 0.4) is 0 Å². The second-order valence-electron chi connectivity index (χ2n) is 8.39. The van der Waals surface area contributed by atoms with Gasteiger partial charge in [-0.1, -0.05) is 29.4 Å². The number of imidazole rings is 1. The second-order valence-corrected chi connectivity index (χ2v) is 9.78. The fourth-order valence-corrected chi connectivity index (χ4v) is 5.90. The Hall–Kier alpha value is -3.48. The van der Waals surface area contributed by atoms with Crippen LogP contribution in [0.1, 0.15) is 33.2 Å². The SMILES string of the molecule is N#Cc1ccc2cc1Oc1ccc(Cl)c(c1)CN1CCN(CC1=O)C(=O)c1cnc3n1[C@@H]2CS3. The number of ether oxygens (including phenoxy) is 1. The number of nitrogens with zero attached hydrogens (tertiary/aromatic N) is 5. The third-order valence-electron chi connectivity index (χ3n) is 6.39. The predicted octanol–water partition coefficient (Wildman–Crippen LogP) is 3.69. The molecular weight excluding hydrogens is 474 g/mol. The minimum absolute atomic E-state index is 0.00593. The molecule has 6 bridgehead atoms. The summed E-state index contributed by atoms with van der Waals surface area (Å²) in [6.07, 6.45) is 1.59. The lowest BCUT2D eigenvalue weighted by Gasteiger charge is -2.35. The number of nitriles is 1. The molecule has 1 aromatic heterocycles. The molecule has 0 saturated carbocycles. The monoisotopic (exact) mass is 491 g/mol. The molecule has 170 valence electrons. The number of amides is 2. The average molecular weight is 492 g/mol. The number of aromatic nitrogens is 2. The van der Waals surface area contributed by atoms with Crippen molar-refractivity contribution in [2.75, 3.05) is 25.4 Å². The van der Waals surface area contributed by atoms with E-state index in [9.17, 15) is 14.9 Å². The molecule has 1 atom stereocenters. The molecule has 5 heterocycles. The maximum Gasteiger partial charge on any atom is 0.272 e. The topological polar surface area (TPSA) is 91.5 Å². The Labute approximate surface area is 204 Å². The number of halogens is 1. The van der Waals surface area contributed by atoms with Crippen molar-refractivity contribution >= 4 is 35.2 Å². The van der Waals surface area contributed by atoms with Crippen LogP contribution in [0.15, 0.2) is 47.8 Å². The van der Waals surface area contributed by atoms with E-state index >= 15 is 0 Å². The zero-order chi connectivity index (χ0) is 23.4. The van der Waals surface area contributed by atoms with Gasteiger partial charge in [0.1, 0.15) is 29.8 Å². The fraction of sp³-hybridized carbons (Fsp3) is 0.250. The summed E-state index contributed by atoms with van der Waals surface area (Å²) in [5.41, 5.74) is 2.51. The molecule has 8 nitrogen and oxygen atoms in total. The molecule has 4 aliphatic heterocycles. The molecule has 0 N–H and O–H groups in total. The van der Waals surface area contributed by atoms with Crippen molar-refractivity contribution in [3.63, 3.8) is 0 Å². The first-order valence-corrected chi connectivity index (χ1v) is 12.2. The smallest absolute Gasteiger partial charge is 0.272 e. The molecule has 3 aromatic rings. The van der Waals surface area contributed by atoms with Crippen LogP contribution < -0.4 is 4.74 Å².